The van der Waals surface area contributed by atoms with Gasteiger partial charge in [0.15, 0.2) is 0 Å². The SMILES string of the molecule is Cc1c(-c2ccc(C(F)(F)F)cc2)cc[nH]c1=O. The molecule has 0 saturated heterocycles. The number of aromatic nitrogens is 1. The highest BCUT2D eigenvalue weighted by molar-refractivity contribution is 5.66. The van der Waals surface area contributed by atoms with Gasteiger partial charge in [-0.25, -0.2) is 0 Å². The van der Waals surface area contributed by atoms with Gasteiger partial charge in [0.2, 0.25) is 0 Å². The molecule has 0 unspecified atom stereocenters. The number of H-pyrrole nitrogens is 1. The van der Waals surface area contributed by atoms with Crippen LogP contribution < -0.4 is 5.56 Å². The van der Waals surface area contributed by atoms with Crippen LogP contribution in [0.25, 0.3) is 11.1 Å². The van der Waals surface area contributed by atoms with Crippen molar-refractivity contribution in [1.82, 2.24) is 4.98 Å². The van der Waals surface area contributed by atoms with Crippen LogP contribution in [-0.2, 0) is 6.18 Å². The number of hydrogen-bond donors (Lipinski definition) is 1. The van der Waals surface area contributed by atoms with E-state index in [0.717, 1.165) is 12.1 Å². The molecule has 5 heteroatoms. The summed E-state index contributed by atoms with van der Waals surface area (Å²) in [6, 6.07) is 6.42. The molecule has 1 aromatic heterocycles. The molecule has 0 aliphatic carbocycles. The quantitative estimate of drug-likeness (QED) is 0.830. The molecule has 1 aromatic carbocycles. The molecule has 2 nitrogen and oxygen atoms in total. The summed E-state index contributed by atoms with van der Waals surface area (Å²) in [7, 11) is 0. The number of rotatable bonds is 1. The first-order chi connectivity index (χ1) is 8.39. The highest BCUT2D eigenvalue weighted by Gasteiger charge is 2.29. The van der Waals surface area contributed by atoms with Crippen molar-refractivity contribution in [3.63, 3.8) is 0 Å². The third-order valence-corrected chi connectivity index (χ3v) is 2.73. The zero-order valence-electron chi connectivity index (χ0n) is 9.51. The zero-order valence-corrected chi connectivity index (χ0v) is 9.51. The lowest BCUT2D eigenvalue weighted by Crippen LogP contribution is -2.09. The lowest BCUT2D eigenvalue weighted by Gasteiger charge is -2.08. The Morgan fingerprint density at radius 1 is 1.06 bits per heavy atom. The smallest absolute Gasteiger partial charge is 0.329 e. The summed E-state index contributed by atoms with van der Waals surface area (Å²) in [5, 5.41) is 0. The van der Waals surface area contributed by atoms with Gasteiger partial charge >= 0.3 is 6.18 Å². The van der Waals surface area contributed by atoms with E-state index in [4.69, 9.17) is 0 Å². The Bertz CT molecular complexity index is 611. The summed E-state index contributed by atoms with van der Waals surface area (Å²) < 4.78 is 37.2. The molecule has 1 heterocycles. The number of aromatic amines is 1. The van der Waals surface area contributed by atoms with Gasteiger partial charge in [0, 0.05) is 11.8 Å². The molecule has 0 bridgehead atoms. The van der Waals surface area contributed by atoms with Gasteiger partial charge in [0.1, 0.15) is 0 Å². The van der Waals surface area contributed by atoms with Gasteiger partial charge in [-0.05, 0) is 36.2 Å². The maximum Gasteiger partial charge on any atom is 0.416 e. The van der Waals surface area contributed by atoms with E-state index in [-0.39, 0.29) is 5.56 Å². The van der Waals surface area contributed by atoms with Gasteiger partial charge in [-0.2, -0.15) is 13.2 Å². The summed E-state index contributed by atoms with van der Waals surface area (Å²) in [6.07, 6.45) is -2.87. The molecular weight excluding hydrogens is 243 g/mol. The molecule has 0 radical (unpaired) electrons. The normalized spacial score (nSPS) is 11.6. The number of alkyl halides is 3. The van der Waals surface area contributed by atoms with E-state index in [1.807, 2.05) is 0 Å². The molecule has 94 valence electrons. The summed E-state index contributed by atoms with van der Waals surface area (Å²) in [4.78, 5) is 13.9. The molecule has 0 aliphatic rings. The number of nitrogens with one attached hydrogen (secondary N) is 1. The highest BCUT2D eigenvalue weighted by atomic mass is 19.4. The fourth-order valence-corrected chi connectivity index (χ4v) is 1.71. The monoisotopic (exact) mass is 253 g/mol. The molecule has 1 N–H and O–H groups in total. The number of halogens is 3. The molecule has 0 atom stereocenters. The fraction of sp³-hybridized carbons (Fsp3) is 0.154. The first-order valence-electron chi connectivity index (χ1n) is 5.25. The molecule has 0 aliphatic heterocycles. The van der Waals surface area contributed by atoms with Gasteiger partial charge in [-0.15, -0.1) is 0 Å². The average molecular weight is 253 g/mol. The van der Waals surface area contributed by atoms with Crippen molar-refractivity contribution in [2.24, 2.45) is 0 Å². The summed E-state index contributed by atoms with van der Waals surface area (Å²) in [5.74, 6) is 0. The van der Waals surface area contributed by atoms with Crippen molar-refractivity contribution in [3.8, 4) is 11.1 Å². The molecule has 18 heavy (non-hydrogen) atoms. The summed E-state index contributed by atoms with van der Waals surface area (Å²) in [5.41, 5.74) is 0.762. The Labute approximate surface area is 101 Å². The lowest BCUT2D eigenvalue weighted by molar-refractivity contribution is -0.137. The van der Waals surface area contributed by atoms with Crippen molar-refractivity contribution in [2.45, 2.75) is 13.1 Å². The largest absolute Gasteiger partial charge is 0.416 e. The topological polar surface area (TPSA) is 32.9 Å². The predicted molar refractivity (Wildman–Crippen MR) is 62.2 cm³/mol. The number of pyridine rings is 1. The zero-order chi connectivity index (χ0) is 13.3. The van der Waals surface area contributed by atoms with Crippen LogP contribution >= 0.6 is 0 Å². The third-order valence-electron chi connectivity index (χ3n) is 2.73. The second kappa shape index (κ2) is 4.33. The van der Waals surface area contributed by atoms with Gasteiger partial charge < -0.3 is 4.98 Å². The molecule has 0 fully saturated rings. The molecule has 2 aromatic rings. The Morgan fingerprint density at radius 3 is 2.22 bits per heavy atom. The van der Waals surface area contributed by atoms with Crippen molar-refractivity contribution in [1.29, 1.82) is 0 Å². The van der Waals surface area contributed by atoms with Gasteiger partial charge in [0.05, 0.1) is 5.56 Å². The van der Waals surface area contributed by atoms with Crippen LogP contribution in [0.1, 0.15) is 11.1 Å². The van der Waals surface area contributed by atoms with Crippen molar-refractivity contribution < 1.29 is 13.2 Å². The second-order valence-corrected chi connectivity index (χ2v) is 3.92. The molecule has 0 saturated carbocycles. The Balaban J connectivity index is 2.47. The Kier molecular flexibility index (Phi) is 2.98. The molecule has 2 rings (SSSR count). The minimum Gasteiger partial charge on any atom is -0.329 e. The maximum absolute atomic E-state index is 12.4. The fourth-order valence-electron chi connectivity index (χ4n) is 1.71. The highest BCUT2D eigenvalue weighted by Crippen LogP contribution is 2.31. The van der Waals surface area contributed by atoms with Gasteiger partial charge in [0.25, 0.3) is 5.56 Å². The van der Waals surface area contributed by atoms with Crippen LogP contribution in [-0.4, -0.2) is 4.98 Å². The lowest BCUT2D eigenvalue weighted by atomic mass is 10.0. The van der Waals surface area contributed by atoms with Crippen LogP contribution in [0.3, 0.4) is 0 Å². The second-order valence-electron chi connectivity index (χ2n) is 3.92. The van der Waals surface area contributed by atoms with E-state index in [2.05, 4.69) is 4.98 Å². The Morgan fingerprint density at radius 2 is 1.67 bits per heavy atom. The van der Waals surface area contributed by atoms with Crippen LogP contribution in [0.15, 0.2) is 41.3 Å². The maximum atomic E-state index is 12.4. The first-order valence-corrected chi connectivity index (χ1v) is 5.25. The van der Waals surface area contributed by atoms with E-state index in [1.165, 1.54) is 18.3 Å². The van der Waals surface area contributed by atoms with E-state index in [9.17, 15) is 18.0 Å². The van der Waals surface area contributed by atoms with Crippen molar-refractivity contribution >= 4 is 0 Å². The van der Waals surface area contributed by atoms with Crippen LogP contribution in [0.4, 0.5) is 13.2 Å². The van der Waals surface area contributed by atoms with Crippen molar-refractivity contribution in [3.05, 3.63) is 58.0 Å². The minimum absolute atomic E-state index is 0.243. The first kappa shape index (κ1) is 12.4. The number of benzene rings is 1. The molecule has 0 amide bonds. The standard InChI is InChI=1S/C13H10F3NO/c1-8-11(6-7-17-12(8)18)9-2-4-10(5-3-9)13(14,15)16/h2-7H,1H3,(H,17,18). The third kappa shape index (κ3) is 2.30. The summed E-state index contributed by atoms with van der Waals surface area (Å²) in [6.45, 7) is 1.63. The minimum atomic E-state index is -4.35. The Hall–Kier alpha value is -2.04. The van der Waals surface area contributed by atoms with Crippen LogP contribution in [0.5, 0.6) is 0 Å². The van der Waals surface area contributed by atoms with E-state index in [0.29, 0.717) is 16.7 Å². The predicted octanol–water partition coefficient (Wildman–Crippen LogP) is 3.37. The van der Waals surface area contributed by atoms with Crippen LogP contribution in [0, 0.1) is 6.92 Å². The van der Waals surface area contributed by atoms with E-state index in [1.54, 1.807) is 13.0 Å². The van der Waals surface area contributed by atoms with E-state index < -0.39 is 11.7 Å². The summed E-state index contributed by atoms with van der Waals surface area (Å²) >= 11 is 0. The number of hydrogen-bond acceptors (Lipinski definition) is 1. The van der Waals surface area contributed by atoms with E-state index >= 15 is 0 Å². The molecular formula is C13H10F3NO. The van der Waals surface area contributed by atoms with Gasteiger partial charge in [-0.3, -0.25) is 4.79 Å². The molecule has 0 spiro atoms. The van der Waals surface area contributed by atoms with Crippen molar-refractivity contribution in [2.75, 3.05) is 0 Å². The average Bonchev–Trinajstić information content (AvgIpc) is 2.32. The van der Waals surface area contributed by atoms with Crippen LogP contribution in [0.2, 0.25) is 0 Å². The van der Waals surface area contributed by atoms with Gasteiger partial charge in [-0.1, -0.05) is 12.1 Å².